The summed E-state index contributed by atoms with van der Waals surface area (Å²) < 4.78 is 28.5. The Labute approximate surface area is 201 Å². The van der Waals surface area contributed by atoms with Gasteiger partial charge in [-0.25, -0.2) is 13.1 Å². The standard InChI is InChI=1S/C26H30N4O3S/c1-26(2,3)30-34(32,33)23-10-5-4-9-22(23)19-12-14-21(15-13-19)29-24(31)16-11-18-7-6-8-20(17-18)25(27)28/h4-10,12-15,17,30H,11,16H2,1-3H3,(H3,27,28)(H,29,31). The molecule has 0 fully saturated rings. The maximum absolute atomic E-state index is 12.9. The first-order chi connectivity index (χ1) is 15.9. The zero-order chi connectivity index (χ0) is 24.9. The molecule has 3 aromatic rings. The summed E-state index contributed by atoms with van der Waals surface area (Å²) in [6, 6.07) is 21.2. The van der Waals surface area contributed by atoms with Crippen LogP contribution in [0.2, 0.25) is 0 Å². The van der Waals surface area contributed by atoms with Crippen molar-refractivity contribution in [3.8, 4) is 11.1 Å². The molecular weight excluding hydrogens is 448 g/mol. The van der Waals surface area contributed by atoms with E-state index in [1.165, 1.54) is 0 Å². The Morgan fingerprint density at radius 1 is 0.971 bits per heavy atom. The summed E-state index contributed by atoms with van der Waals surface area (Å²) in [4.78, 5) is 12.6. The van der Waals surface area contributed by atoms with Crippen molar-refractivity contribution >= 4 is 27.5 Å². The summed E-state index contributed by atoms with van der Waals surface area (Å²) in [5, 5.41) is 10.4. The second-order valence-corrected chi connectivity index (χ2v) is 10.7. The second kappa shape index (κ2) is 10.2. The highest BCUT2D eigenvalue weighted by atomic mass is 32.2. The van der Waals surface area contributed by atoms with Crippen molar-refractivity contribution in [2.75, 3.05) is 5.32 Å². The maximum Gasteiger partial charge on any atom is 0.241 e. The van der Waals surface area contributed by atoms with Gasteiger partial charge in [-0.3, -0.25) is 10.2 Å². The number of carbonyl (C=O) groups is 1. The van der Waals surface area contributed by atoms with Crippen molar-refractivity contribution < 1.29 is 13.2 Å². The predicted octanol–water partition coefficient (Wildman–Crippen LogP) is 4.29. The smallest absolute Gasteiger partial charge is 0.241 e. The summed E-state index contributed by atoms with van der Waals surface area (Å²) in [5.74, 6) is -0.145. The van der Waals surface area contributed by atoms with Gasteiger partial charge in [0.25, 0.3) is 0 Å². The molecule has 0 heterocycles. The second-order valence-electron chi connectivity index (χ2n) is 9.09. The lowest BCUT2D eigenvalue weighted by Gasteiger charge is -2.21. The maximum atomic E-state index is 12.9. The van der Waals surface area contributed by atoms with Crippen LogP contribution in [-0.4, -0.2) is 25.7 Å². The number of hydrogen-bond acceptors (Lipinski definition) is 4. The molecule has 0 aromatic heterocycles. The molecule has 8 heteroatoms. The minimum atomic E-state index is -3.71. The van der Waals surface area contributed by atoms with Gasteiger partial charge in [-0.2, -0.15) is 0 Å². The van der Waals surface area contributed by atoms with Gasteiger partial charge in [-0.1, -0.05) is 48.5 Å². The molecule has 0 atom stereocenters. The highest BCUT2D eigenvalue weighted by molar-refractivity contribution is 7.89. The summed E-state index contributed by atoms with van der Waals surface area (Å²) in [5.41, 5.74) is 8.42. The summed E-state index contributed by atoms with van der Waals surface area (Å²) in [7, 11) is -3.71. The number of nitrogens with one attached hydrogen (secondary N) is 3. The van der Waals surface area contributed by atoms with Gasteiger partial charge in [0.05, 0.1) is 4.90 Å². The summed E-state index contributed by atoms with van der Waals surface area (Å²) >= 11 is 0. The molecule has 0 saturated carbocycles. The van der Waals surface area contributed by atoms with Crippen molar-refractivity contribution in [2.24, 2.45) is 5.73 Å². The first-order valence-electron chi connectivity index (χ1n) is 10.9. The van der Waals surface area contributed by atoms with E-state index in [4.69, 9.17) is 11.1 Å². The third-order valence-corrected chi connectivity index (χ3v) is 6.79. The molecule has 0 unspecified atom stereocenters. The molecule has 0 aliphatic heterocycles. The molecule has 178 valence electrons. The van der Waals surface area contributed by atoms with Crippen molar-refractivity contribution in [1.82, 2.24) is 4.72 Å². The van der Waals surface area contributed by atoms with Gasteiger partial charge in [0.1, 0.15) is 5.84 Å². The Kier molecular flexibility index (Phi) is 7.54. The van der Waals surface area contributed by atoms with Crippen molar-refractivity contribution in [3.05, 3.63) is 83.9 Å². The van der Waals surface area contributed by atoms with Crippen LogP contribution in [-0.2, 0) is 21.2 Å². The van der Waals surface area contributed by atoms with Crippen LogP contribution in [0.15, 0.2) is 77.7 Å². The number of nitrogen functional groups attached to an aromatic ring is 1. The number of sulfonamides is 1. The van der Waals surface area contributed by atoms with E-state index in [2.05, 4.69) is 10.0 Å². The minimum Gasteiger partial charge on any atom is -0.384 e. The average molecular weight is 479 g/mol. The van der Waals surface area contributed by atoms with Gasteiger partial charge >= 0.3 is 0 Å². The molecule has 5 N–H and O–H groups in total. The van der Waals surface area contributed by atoms with Crippen LogP contribution < -0.4 is 15.8 Å². The molecule has 3 rings (SSSR count). The number of aryl methyl sites for hydroxylation is 1. The molecule has 0 bridgehead atoms. The quantitative estimate of drug-likeness (QED) is 0.285. The average Bonchev–Trinajstić information content (AvgIpc) is 2.77. The Balaban J connectivity index is 1.70. The highest BCUT2D eigenvalue weighted by Crippen LogP contribution is 2.29. The van der Waals surface area contributed by atoms with Gasteiger partial charge in [-0.15, -0.1) is 0 Å². The zero-order valence-corrected chi connectivity index (χ0v) is 20.4. The van der Waals surface area contributed by atoms with E-state index in [-0.39, 0.29) is 23.1 Å². The molecule has 7 nitrogen and oxygen atoms in total. The number of carbonyl (C=O) groups excluding carboxylic acids is 1. The van der Waals surface area contributed by atoms with Crippen molar-refractivity contribution in [3.63, 3.8) is 0 Å². The number of anilines is 1. The number of amidine groups is 1. The van der Waals surface area contributed by atoms with Gasteiger partial charge in [0.2, 0.25) is 15.9 Å². The first-order valence-corrected chi connectivity index (χ1v) is 12.4. The number of nitrogens with two attached hydrogens (primary N) is 1. The largest absolute Gasteiger partial charge is 0.384 e. The van der Waals surface area contributed by atoms with E-state index in [1.54, 1.807) is 75.4 Å². The number of benzene rings is 3. The van der Waals surface area contributed by atoms with E-state index >= 15 is 0 Å². The molecule has 0 saturated heterocycles. The fourth-order valence-electron chi connectivity index (χ4n) is 3.51. The molecule has 0 spiro atoms. The minimum absolute atomic E-state index is 0.00467. The fourth-order valence-corrected chi connectivity index (χ4v) is 5.16. The number of rotatable bonds is 8. The van der Waals surface area contributed by atoms with Crippen LogP contribution in [0.5, 0.6) is 0 Å². The Hall–Kier alpha value is -3.49. The van der Waals surface area contributed by atoms with Gasteiger partial charge in [0, 0.05) is 28.8 Å². The lowest BCUT2D eigenvalue weighted by atomic mass is 10.0. The third-order valence-electron chi connectivity index (χ3n) is 4.98. The lowest BCUT2D eigenvalue weighted by molar-refractivity contribution is -0.116. The number of hydrogen-bond donors (Lipinski definition) is 4. The van der Waals surface area contributed by atoms with Gasteiger partial charge in [-0.05, 0) is 62.6 Å². The molecule has 1 amide bonds. The zero-order valence-electron chi connectivity index (χ0n) is 19.6. The molecule has 0 radical (unpaired) electrons. The van der Waals surface area contributed by atoms with Gasteiger partial charge in [0.15, 0.2) is 0 Å². The SMILES string of the molecule is CC(C)(C)NS(=O)(=O)c1ccccc1-c1ccc(NC(=O)CCc2cccc(C(=N)N)c2)cc1. The molecule has 34 heavy (non-hydrogen) atoms. The Morgan fingerprint density at radius 2 is 1.65 bits per heavy atom. The highest BCUT2D eigenvalue weighted by Gasteiger charge is 2.24. The predicted molar refractivity (Wildman–Crippen MR) is 136 cm³/mol. The van der Waals surface area contributed by atoms with Crippen LogP contribution in [0.1, 0.15) is 38.3 Å². The van der Waals surface area contributed by atoms with Crippen LogP contribution in [0, 0.1) is 5.41 Å². The van der Waals surface area contributed by atoms with Gasteiger partial charge < -0.3 is 11.1 Å². The van der Waals surface area contributed by atoms with Crippen LogP contribution >= 0.6 is 0 Å². The summed E-state index contributed by atoms with van der Waals surface area (Å²) in [6.07, 6.45) is 0.805. The molecule has 3 aromatic carbocycles. The van der Waals surface area contributed by atoms with E-state index in [0.717, 1.165) is 11.1 Å². The Bertz CT molecular complexity index is 1290. The number of amides is 1. The molecule has 0 aliphatic rings. The van der Waals surface area contributed by atoms with E-state index < -0.39 is 15.6 Å². The fraction of sp³-hybridized carbons (Fsp3) is 0.231. The van der Waals surface area contributed by atoms with Crippen LogP contribution in [0.25, 0.3) is 11.1 Å². The molecule has 0 aliphatic carbocycles. The van der Waals surface area contributed by atoms with Crippen molar-refractivity contribution in [2.45, 2.75) is 44.0 Å². The monoisotopic (exact) mass is 478 g/mol. The normalized spacial score (nSPS) is 11.7. The van der Waals surface area contributed by atoms with Crippen LogP contribution in [0.4, 0.5) is 5.69 Å². The van der Waals surface area contributed by atoms with E-state index in [9.17, 15) is 13.2 Å². The first kappa shape index (κ1) is 25.1. The lowest BCUT2D eigenvalue weighted by Crippen LogP contribution is -2.40. The third kappa shape index (κ3) is 6.76. The van der Waals surface area contributed by atoms with E-state index in [1.807, 2.05) is 18.2 Å². The molecular formula is C26H30N4O3S. The van der Waals surface area contributed by atoms with Crippen molar-refractivity contribution in [1.29, 1.82) is 5.41 Å². The topological polar surface area (TPSA) is 125 Å². The summed E-state index contributed by atoms with van der Waals surface area (Å²) in [6.45, 7) is 5.39. The van der Waals surface area contributed by atoms with E-state index in [0.29, 0.717) is 23.2 Å². The Morgan fingerprint density at radius 3 is 2.29 bits per heavy atom. The van der Waals surface area contributed by atoms with Crippen LogP contribution in [0.3, 0.4) is 0 Å².